The first-order valence-electron chi connectivity index (χ1n) is 8.55. The van der Waals surface area contributed by atoms with E-state index in [1.54, 1.807) is 6.20 Å². The van der Waals surface area contributed by atoms with Crippen molar-refractivity contribution in [1.29, 1.82) is 0 Å². The van der Waals surface area contributed by atoms with Crippen molar-refractivity contribution in [2.75, 3.05) is 13.2 Å². The highest BCUT2D eigenvalue weighted by molar-refractivity contribution is 5.75. The van der Waals surface area contributed by atoms with Crippen LogP contribution in [0.15, 0.2) is 24.4 Å². The molecule has 2 rings (SSSR count). The van der Waals surface area contributed by atoms with E-state index in [1.165, 1.54) is 32.1 Å². The van der Waals surface area contributed by atoms with Gasteiger partial charge >= 0.3 is 0 Å². The molecule has 1 aliphatic carbocycles. The molecule has 0 aliphatic heterocycles. The van der Waals surface area contributed by atoms with E-state index in [9.17, 15) is 9.90 Å². The van der Waals surface area contributed by atoms with Crippen LogP contribution in [0.2, 0.25) is 0 Å². The quantitative estimate of drug-likeness (QED) is 0.776. The van der Waals surface area contributed by atoms with E-state index >= 15 is 0 Å². The highest BCUT2D eigenvalue weighted by Gasteiger charge is 2.16. The van der Waals surface area contributed by atoms with Gasteiger partial charge in [0, 0.05) is 37.4 Å². The van der Waals surface area contributed by atoms with Crippen molar-refractivity contribution in [3.05, 3.63) is 30.1 Å². The lowest BCUT2D eigenvalue weighted by Crippen LogP contribution is -2.32. The Bertz CT molecular complexity index is 430. The summed E-state index contributed by atoms with van der Waals surface area (Å²) in [7, 11) is 0. The fourth-order valence-corrected chi connectivity index (χ4v) is 3.17. The molecule has 0 bridgehead atoms. The zero-order chi connectivity index (χ0) is 15.6. The largest absolute Gasteiger partial charge is 0.396 e. The summed E-state index contributed by atoms with van der Waals surface area (Å²) in [5.74, 6) is 0.889. The zero-order valence-electron chi connectivity index (χ0n) is 13.3. The second kappa shape index (κ2) is 9.57. The minimum Gasteiger partial charge on any atom is -0.396 e. The third-order valence-corrected chi connectivity index (χ3v) is 4.57. The number of amides is 1. The molecule has 1 aromatic heterocycles. The van der Waals surface area contributed by atoms with E-state index in [4.69, 9.17) is 0 Å². The van der Waals surface area contributed by atoms with Crippen LogP contribution < -0.4 is 5.32 Å². The molecule has 4 heteroatoms. The number of carbonyl (C=O) groups excluding carboxylic acids is 1. The Balaban J connectivity index is 1.65. The molecule has 1 aromatic rings. The van der Waals surface area contributed by atoms with Gasteiger partial charge in [0.1, 0.15) is 0 Å². The zero-order valence-corrected chi connectivity index (χ0v) is 13.3. The molecule has 0 saturated heterocycles. The van der Waals surface area contributed by atoms with E-state index in [0.717, 1.165) is 18.0 Å². The summed E-state index contributed by atoms with van der Waals surface area (Å²) in [5, 5.41) is 12.4. The molecule has 2 N–H and O–H groups in total. The summed E-state index contributed by atoms with van der Waals surface area (Å²) in [4.78, 5) is 16.2. The first kappa shape index (κ1) is 16.9. The van der Waals surface area contributed by atoms with E-state index in [1.807, 2.05) is 18.2 Å². The predicted octanol–water partition coefficient (Wildman–Crippen LogP) is 2.71. The van der Waals surface area contributed by atoms with Gasteiger partial charge in [-0.2, -0.15) is 0 Å². The maximum atomic E-state index is 12.0. The van der Waals surface area contributed by atoms with Gasteiger partial charge in [0.25, 0.3) is 0 Å². The number of aliphatic hydroxyl groups excluding tert-OH is 1. The fourth-order valence-electron chi connectivity index (χ4n) is 3.17. The van der Waals surface area contributed by atoms with E-state index in [0.29, 0.717) is 19.4 Å². The van der Waals surface area contributed by atoms with E-state index in [-0.39, 0.29) is 18.4 Å². The normalized spacial score (nSPS) is 17.1. The molecule has 122 valence electrons. The highest BCUT2D eigenvalue weighted by atomic mass is 16.3. The van der Waals surface area contributed by atoms with Crippen LogP contribution in [0.25, 0.3) is 0 Å². The third-order valence-electron chi connectivity index (χ3n) is 4.57. The summed E-state index contributed by atoms with van der Waals surface area (Å²) >= 11 is 0. The number of nitrogens with one attached hydrogen (secondary N) is 1. The van der Waals surface area contributed by atoms with Gasteiger partial charge in [-0.05, 0) is 30.9 Å². The van der Waals surface area contributed by atoms with Crippen molar-refractivity contribution in [2.24, 2.45) is 11.8 Å². The maximum absolute atomic E-state index is 12.0. The van der Waals surface area contributed by atoms with Gasteiger partial charge in [-0.1, -0.05) is 38.2 Å². The number of rotatable bonds is 8. The van der Waals surface area contributed by atoms with Crippen LogP contribution in [-0.4, -0.2) is 29.1 Å². The van der Waals surface area contributed by atoms with Gasteiger partial charge in [-0.25, -0.2) is 0 Å². The molecule has 1 fully saturated rings. The standard InChI is InChI=1S/C18H28N2O2/c21-14-16(12-17-8-4-5-11-19-17)13-20-18(22)10-9-15-6-2-1-3-7-15/h4-5,8,11,15-16,21H,1-3,6-7,9-10,12-14H2,(H,20,22). The summed E-state index contributed by atoms with van der Waals surface area (Å²) in [5.41, 5.74) is 0.956. The fraction of sp³-hybridized carbons (Fsp3) is 0.667. The average Bonchev–Trinajstić information content (AvgIpc) is 2.58. The molecule has 1 amide bonds. The number of pyridine rings is 1. The lowest BCUT2D eigenvalue weighted by molar-refractivity contribution is -0.121. The SMILES string of the molecule is O=C(CCC1CCCCC1)NCC(CO)Cc1ccccn1. The Kier molecular flexibility index (Phi) is 7.37. The first-order chi connectivity index (χ1) is 10.8. The number of aliphatic hydroxyl groups is 1. The lowest BCUT2D eigenvalue weighted by atomic mass is 9.86. The van der Waals surface area contributed by atoms with Crippen LogP contribution in [-0.2, 0) is 11.2 Å². The number of carbonyl (C=O) groups is 1. The Morgan fingerprint density at radius 2 is 2.14 bits per heavy atom. The summed E-state index contributed by atoms with van der Waals surface area (Å²) in [6.45, 7) is 0.593. The monoisotopic (exact) mass is 304 g/mol. The van der Waals surface area contributed by atoms with Crippen molar-refractivity contribution in [2.45, 2.75) is 51.4 Å². The molecule has 0 aromatic carbocycles. The Morgan fingerprint density at radius 3 is 2.82 bits per heavy atom. The number of hydrogen-bond donors (Lipinski definition) is 2. The van der Waals surface area contributed by atoms with Crippen molar-refractivity contribution in [3.63, 3.8) is 0 Å². The molecular weight excluding hydrogens is 276 g/mol. The van der Waals surface area contributed by atoms with Crippen LogP contribution in [0.3, 0.4) is 0 Å². The molecule has 1 heterocycles. The van der Waals surface area contributed by atoms with Gasteiger partial charge in [-0.3, -0.25) is 9.78 Å². The highest BCUT2D eigenvalue weighted by Crippen LogP contribution is 2.27. The lowest BCUT2D eigenvalue weighted by Gasteiger charge is -2.21. The summed E-state index contributed by atoms with van der Waals surface area (Å²) in [6.07, 6.45) is 10.6. The number of nitrogens with zero attached hydrogens (tertiary/aromatic N) is 1. The van der Waals surface area contributed by atoms with Gasteiger partial charge in [-0.15, -0.1) is 0 Å². The second-order valence-corrected chi connectivity index (χ2v) is 6.42. The van der Waals surface area contributed by atoms with Gasteiger partial charge in [0.15, 0.2) is 0 Å². The van der Waals surface area contributed by atoms with Crippen LogP contribution in [0.1, 0.15) is 50.6 Å². The van der Waals surface area contributed by atoms with E-state index in [2.05, 4.69) is 10.3 Å². The Hall–Kier alpha value is -1.42. The van der Waals surface area contributed by atoms with Gasteiger partial charge < -0.3 is 10.4 Å². The third kappa shape index (κ3) is 6.14. The topological polar surface area (TPSA) is 62.2 Å². The Labute approximate surface area is 133 Å². The van der Waals surface area contributed by atoms with Gasteiger partial charge in [0.05, 0.1) is 0 Å². The minimum absolute atomic E-state index is 0.0357. The molecule has 1 unspecified atom stereocenters. The number of aromatic nitrogens is 1. The molecule has 4 nitrogen and oxygen atoms in total. The van der Waals surface area contributed by atoms with Crippen LogP contribution >= 0.6 is 0 Å². The van der Waals surface area contributed by atoms with Crippen LogP contribution in [0.4, 0.5) is 0 Å². The van der Waals surface area contributed by atoms with Crippen molar-refractivity contribution in [1.82, 2.24) is 10.3 Å². The number of hydrogen-bond acceptors (Lipinski definition) is 3. The molecule has 1 saturated carbocycles. The van der Waals surface area contributed by atoms with Crippen LogP contribution in [0, 0.1) is 11.8 Å². The molecule has 0 spiro atoms. The van der Waals surface area contributed by atoms with E-state index < -0.39 is 0 Å². The maximum Gasteiger partial charge on any atom is 0.220 e. The average molecular weight is 304 g/mol. The molecule has 1 atom stereocenters. The van der Waals surface area contributed by atoms with Gasteiger partial charge in [0.2, 0.25) is 5.91 Å². The Morgan fingerprint density at radius 1 is 1.32 bits per heavy atom. The second-order valence-electron chi connectivity index (χ2n) is 6.42. The molecular formula is C18H28N2O2. The van der Waals surface area contributed by atoms with Crippen molar-refractivity contribution < 1.29 is 9.90 Å². The van der Waals surface area contributed by atoms with Crippen LogP contribution in [0.5, 0.6) is 0 Å². The predicted molar refractivity (Wildman–Crippen MR) is 87.3 cm³/mol. The minimum atomic E-state index is 0.0357. The first-order valence-corrected chi connectivity index (χ1v) is 8.55. The molecule has 0 radical (unpaired) electrons. The molecule has 1 aliphatic rings. The smallest absolute Gasteiger partial charge is 0.220 e. The summed E-state index contributed by atoms with van der Waals surface area (Å²) in [6, 6.07) is 5.78. The molecule has 22 heavy (non-hydrogen) atoms. The van der Waals surface area contributed by atoms with Crippen molar-refractivity contribution in [3.8, 4) is 0 Å². The van der Waals surface area contributed by atoms with Crippen molar-refractivity contribution >= 4 is 5.91 Å². The summed E-state index contributed by atoms with van der Waals surface area (Å²) < 4.78 is 0.